The minimum Gasteiger partial charge on any atom is -0.462 e. The number of ether oxygens (including phenoxy) is 1. The SMILES string of the molecule is CN(c1ccccc1)S(=O)(=O)c1cccc(C(=O)OCCCC(=O)c2ccccc2)c1. The Balaban J connectivity index is 1.60. The van der Waals surface area contributed by atoms with Gasteiger partial charge in [0.2, 0.25) is 0 Å². The summed E-state index contributed by atoms with van der Waals surface area (Å²) in [5.74, 6) is -0.653. The maximum atomic E-state index is 12.9. The molecule has 160 valence electrons. The Hall–Kier alpha value is -3.45. The third kappa shape index (κ3) is 5.58. The first kappa shape index (κ1) is 22.2. The maximum Gasteiger partial charge on any atom is 0.338 e. The lowest BCUT2D eigenvalue weighted by Crippen LogP contribution is -2.26. The highest BCUT2D eigenvalue weighted by molar-refractivity contribution is 7.92. The molecule has 31 heavy (non-hydrogen) atoms. The molecule has 0 aliphatic heterocycles. The van der Waals surface area contributed by atoms with Crippen molar-refractivity contribution in [2.45, 2.75) is 17.7 Å². The van der Waals surface area contributed by atoms with Crippen molar-refractivity contribution in [3.8, 4) is 0 Å². The van der Waals surface area contributed by atoms with Gasteiger partial charge in [-0.15, -0.1) is 0 Å². The molecule has 6 nitrogen and oxygen atoms in total. The Labute approximate surface area is 182 Å². The number of sulfonamides is 1. The molecule has 0 spiro atoms. The van der Waals surface area contributed by atoms with E-state index in [1.165, 1.54) is 31.3 Å². The first-order chi connectivity index (χ1) is 14.9. The summed E-state index contributed by atoms with van der Waals surface area (Å²) in [6.45, 7) is 0.0678. The number of carbonyl (C=O) groups is 2. The van der Waals surface area contributed by atoms with Crippen LogP contribution in [-0.4, -0.2) is 33.8 Å². The predicted molar refractivity (Wildman–Crippen MR) is 119 cm³/mol. The van der Waals surface area contributed by atoms with Crippen LogP contribution >= 0.6 is 0 Å². The molecule has 0 atom stereocenters. The van der Waals surface area contributed by atoms with Gasteiger partial charge in [-0.3, -0.25) is 9.10 Å². The summed E-state index contributed by atoms with van der Waals surface area (Å²) >= 11 is 0. The smallest absolute Gasteiger partial charge is 0.338 e. The van der Waals surface area contributed by atoms with Crippen molar-refractivity contribution in [1.82, 2.24) is 0 Å². The normalized spacial score (nSPS) is 11.0. The predicted octanol–water partition coefficient (Wildman–Crippen LogP) is 4.33. The fourth-order valence-electron chi connectivity index (χ4n) is 2.97. The van der Waals surface area contributed by atoms with E-state index in [0.717, 1.165) is 4.31 Å². The van der Waals surface area contributed by atoms with E-state index >= 15 is 0 Å². The molecule has 0 aliphatic carbocycles. The van der Waals surface area contributed by atoms with Crippen molar-refractivity contribution in [2.75, 3.05) is 18.0 Å². The number of esters is 1. The number of carbonyl (C=O) groups excluding carboxylic acids is 2. The van der Waals surface area contributed by atoms with E-state index in [4.69, 9.17) is 4.74 Å². The molecule has 0 amide bonds. The molecule has 3 aromatic rings. The van der Waals surface area contributed by atoms with Gasteiger partial charge in [0.15, 0.2) is 5.78 Å². The maximum absolute atomic E-state index is 12.9. The zero-order chi connectivity index (χ0) is 22.3. The Kier molecular flexibility index (Phi) is 7.20. The standard InChI is InChI=1S/C24H23NO5S/c1-25(21-13-6-3-7-14-21)31(28,29)22-15-8-12-20(18-22)24(27)30-17-9-16-23(26)19-10-4-2-5-11-19/h2-8,10-15,18H,9,16-17H2,1H3. The number of Topliss-reactive ketones (excluding diaryl/α,β-unsaturated/α-hetero) is 1. The number of ketones is 1. The quantitative estimate of drug-likeness (QED) is 0.283. The van der Waals surface area contributed by atoms with Gasteiger partial charge in [0.1, 0.15) is 0 Å². The van der Waals surface area contributed by atoms with Gasteiger partial charge in [-0.1, -0.05) is 54.6 Å². The highest BCUT2D eigenvalue weighted by Crippen LogP contribution is 2.22. The summed E-state index contributed by atoms with van der Waals surface area (Å²) in [6.07, 6.45) is 0.641. The van der Waals surface area contributed by atoms with E-state index in [1.54, 1.807) is 54.6 Å². The average Bonchev–Trinajstić information content (AvgIpc) is 2.82. The number of benzene rings is 3. The molecule has 0 saturated heterocycles. The monoisotopic (exact) mass is 437 g/mol. The fourth-order valence-corrected chi connectivity index (χ4v) is 4.21. The zero-order valence-electron chi connectivity index (χ0n) is 17.1. The van der Waals surface area contributed by atoms with E-state index in [1.807, 2.05) is 6.07 Å². The Bertz CT molecular complexity index is 1140. The highest BCUT2D eigenvalue weighted by atomic mass is 32.2. The number of anilines is 1. The molecule has 0 heterocycles. The van der Waals surface area contributed by atoms with Gasteiger partial charge >= 0.3 is 5.97 Å². The van der Waals surface area contributed by atoms with E-state index in [9.17, 15) is 18.0 Å². The average molecular weight is 438 g/mol. The Morgan fingerprint density at radius 1 is 0.839 bits per heavy atom. The molecule has 0 saturated carbocycles. The first-order valence-corrected chi connectivity index (χ1v) is 11.2. The minimum absolute atomic E-state index is 0.00689. The highest BCUT2D eigenvalue weighted by Gasteiger charge is 2.22. The van der Waals surface area contributed by atoms with Crippen LogP contribution < -0.4 is 4.31 Å². The van der Waals surface area contributed by atoms with Gasteiger partial charge in [-0.2, -0.15) is 0 Å². The number of para-hydroxylation sites is 1. The van der Waals surface area contributed by atoms with Gasteiger partial charge in [0, 0.05) is 19.0 Å². The van der Waals surface area contributed by atoms with Crippen molar-refractivity contribution < 1.29 is 22.7 Å². The van der Waals surface area contributed by atoms with Crippen LogP contribution in [0, 0.1) is 0 Å². The third-order valence-electron chi connectivity index (χ3n) is 4.73. The molecule has 0 unspecified atom stereocenters. The van der Waals surface area contributed by atoms with Crippen molar-refractivity contribution >= 4 is 27.5 Å². The molecular formula is C24H23NO5S. The first-order valence-electron chi connectivity index (χ1n) is 9.79. The minimum atomic E-state index is -3.83. The van der Waals surface area contributed by atoms with Gasteiger partial charge in [0.25, 0.3) is 10.0 Å². The second-order valence-electron chi connectivity index (χ2n) is 6.86. The molecular weight excluding hydrogens is 414 g/mol. The van der Waals surface area contributed by atoms with Crippen molar-refractivity contribution in [3.05, 3.63) is 96.1 Å². The Morgan fingerprint density at radius 2 is 1.45 bits per heavy atom. The largest absolute Gasteiger partial charge is 0.462 e. The van der Waals surface area contributed by atoms with Crippen LogP contribution in [0.1, 0.15) is 33.6 Å². The number of hydrogen-bond acceptors (Lipinski definition) is 5. The van der Waals surface area contributed by atoms with Crippen LogP contribution in [0.4, 0.5) is 5.69 Å². The second-order valence-corrected chi connectivity index (χ2v) is 8.83. The van der Waals surface area contributed by atoms with Gasteiger partial charge in [-0.25, -0.2) is 13.2 Å². The second kappa shape index (κ2) is 10.0. The summed E-state index contributed by atoms with van der Waals surface area (Å²) in [5.41, 5.74) is 1.27. The van der Waals surface area contributed by atoms with Crippen LogP contribution in [0.25, 0.3) is 0 Å². The van der Waals surface area contributed by atoms with E-state index in [-0.39, 0.29) is 29.3 Å². The Morgan fingerprint density at radius 3 is 2.13 bits per heavy atom. The van der Waals surface area contributed by atoms with Crippen molar-refractivity contribution in [1.29, 1.82) is 0 Å². The third-order valence-corrected chi connectivity index (χ3v) is 6.51. The van der Waals surface area contributed by atoms with Crippen LogP contribution in [0.5, 0.6) is 0 Å². The summed E-state index contributed by atoms with van der Waals surface area (Å²) in [5, 5.41) is 0. The van der Waals surface area contributed by atoms with Crippen LogP contribution in [0.3, 0.4) is 0 Å². The molecule has 3 aromatic carbocycles. The molecule has 0 aliphatic rings. The van der Waals surface area contributed by atoms with Crippen LogP contribution in [0.15, 0.2) is 89.8 Å². The van der Waals surface area contributed by atoms with Crippen LogP contribution in [0.2, 0.25) is 0 Å². The van der Waals surface area contributed by atoms with Crippen molar-refractivity contribution in [2.24, 2.45) is 0 Å². The van der Waals surface area contributed by atoms with Gasteiger partial charge in [-0.05, 0) is 36.8 Å². The van der Waals surface area contributed by atoms with Gasteiger partial charge in [0.05, 0.1) is 22.8 Å². The molecule has 0 fully saturated rings. The molecule has 3 rings (SSSR count). The number of hydrogen-bond donors (Lipinski definition) is 0. The van der Waals surface area contributed by atoms with E-state index in [0.29, 0.717) is 17.7 Å². The lowest BCUT2D eigenvalue weighted by molar-refractivity contribution is 0.0494. The lowest BCUT2D eigenvalue weighted by Gasteiger charge is -2.19. The van der Waals surface area contributed by atoms with Crippen molar-refractivity contribution in [3.63, 3.8) is 0 Å². The fraction of sp³-hybridized carbons (Fsp3) is 0.167. The van der Waals surface area contributed by atoms with E-state index in [2.05, 4.69) is 0 Å². The summed E-state index contributed by atoms with van der Waals surface area (Å²) in [4.78, 5) is 24.4. The molecule has 0 N–H and O–H groups in total. The number of rotatable bonds is 9. The molecule has 0 aromatic heterocycles. The molecule has 0 radical (unpaired) electrons. The van der Waals surface area contributed by atoms with Gasteiger partial charge < -0.3 is 4.74 Å². The zero-order valence-corrected chi connectivity index (χ0v) is 17.9. The molecule has 7 heteroatoms. The summed E-state index contributed by atoms with van der Waals surface area (Å²) in [7, 11) is -2.38. The van der Waals surface area contributed by atoms with Crippen LogP contribution in [-0.2, 0) is 14.8 Å². The topological polar surface area (TPSA) is 80.8 Å². The molecule has 0 bridgehead atoms. The number of nitrogens with zero attached hydrogens (tertiary/aromatic N) is 1. The summed E-state index contributed by atoms with van der Waals surface area (Å²) in [6, 6.07) is 23.3. The summed E-state index contributed by atoms with van der Waals surface area (Å²) < 4.78 is 32.2. The van der Waals surface area contributed by atoms with E-state index < -0.39 is 16.0 Å². The lowest BCUT2D eigenvalue weighted by atomic mass is 10.1.